The summed E-state index contributed by atoms with van der Waals surface area (Å²) in [5, 5.41) is 2.93. The third-order valence-corrected chi connectivity index (χ3v) is 12.7. The van der Waals surface area contributed by atoms with E-state index in [1.54, 1.807) is 25.1 Å². The standard InChI is InChI=1S/C40H59N7O8S/c1-24(2)13-11-10-12-14-26-21-40(26,36(50)46-56(51,52)39(8)17-18-39)45-34(48)31-20-28(54-27-15-16-29-30(19-27)43-32(53-9)22-42-29)23-47(31)35(49)33(25(3)4)44-37(41)55-38(5,6)7/h12,14-16,19,22,24-26,28,31,33H,10-11,13,17-18,20-21,23H2,1-9H3,(H2,41,44)(H,45,48)(H,46,50)/b14-12-/t26-,28-,31+,33+,40-/m1/s1. The first kappa shape index (κ1) is 42.7. The van der Waals surface area contributed by atoms with Gasteiger partial charge in [-0.15, -0.1) is 0 Å². The summed E-state index contributed by atoms with van der Waals surface area (Å²) < 4.78 is 45.0. The molecule has 3 fully saturated rings. The van der Waals surface area contributed by atoms with Gasteiger partial charge in [-0.1, -0.05) is 46.3 Å². The topological polar surface area (TPSA) is 204 Å². The van der Waals surface area contributed by atoms with Gasteiger partial charge in [0, 0.05) is 18.4 Å². The number of nitrogens with two attached hydrogens (primary N) is 1. The zero-order valence-corrected chi connectivity index (χ0v) is 34.9. The summed E-state index contributed by atoms with van der Waals surface area (Å²) in [7, 11) is -2.50. The Kier molecular flexibility index (Phi) is 12.6. The van der Waals surface area contributed by atoms with E-state index in [4.69, 9.17) is 19.9 Å². The van der Waals surface area contributed by atoms with Gasteiger partial charge in [0.2, 0.25) is 27.7 Å². The molecule has 0 radical (unpaired) electrons. The molecule has 2 saturated carbocycles. The van der Waals surface area contributed by atoms with Crippen molar-refractivity contribution >= 4 is 44.8 Å². The molecular weight excluding hydrogens is 739 g/mol. The number of carbonyl (C=O) groups is 3. The molecule has 16 heteroatoms. The maximum atomic E-state index is 14.5. The van der Waals surface area contributed by atoms with Gasteiger partial charge in [0.25, 0.3) is 11.9 Å². The van der Waals surface area contributed by atoms with E-state index in [2.05, 4.69) is 38.8 Å². The number of carbonyl (C=O) groups excluding carboxylic acids is 3. The van der Waals surface area contributed by atoms with Gasteiger partial charge in [0.15, 0.2) is 0 Å². The Morgan fingerprint density at radius 1 is 1.14 bits per heavy atom. The summed E-state index contributed by atoms with van der Waals surface area (Å²) in [6.07, 6.45) is 8.68. The fourth-order valence-electron chi connectivity index (χ4n) is 6.82. The number of hydrogen-bond acceptors (Lipinski definition) is 11. The molecule has 0 unspecified atom stereocenters. The molecule has 1 aromatic heterocycles. The number of benzene rings is 1. The van der Waals surface area contributed by atoms with Crippen LogP contribution in [-0.4, -0.2) is 94.8 Å². The van der Waals surface area contributed by atoms with Crippen LogP contribution in [0.2, 0.25) is 0 Å². The van der Waals surface area contributed by atoms with Gasteiger partial charge in [0.1, 0.15) is 35.1 Å². The van der Waals surface area contributed by atoms with Crippen LogP contribution in [0.4, 0.5) is 0 Å². The number of unbranched alkanes of at least 4 members (excludes halogenated alkanes) is 1. The molecule has 2 heterocycles. The van der Waals surface area contributed by atoms with Gasteiger partial charge < -0.3 is 30.2 Å². The highest BCUT2D eigenvalue weighted by molar-refractivity contribution is 7.91. The highest BCUT2D eigenvalue weighted by Crippen LogP contribution is 2.47. The number of rotatable bonds is 16. The lowest BCUT2D eigenvalue weighted by Gasteiger charge is -2.30. The van der Waals surface area contributed by atoms with Gasteiger partial charge in [-0.2, -0.15) is 0 Å². The molecule has 1 saturated heterocycles. The van der Waals surface area contributed by atoms with Crippen molar-refractivity contribution in [3.8, 4) is 11.6 Å². The van der Waals surface area contributed by atoms with Crippen LogP contribution in [0, 0.1) is 17.8 Å². The second kappa shape index (κ2) is 16.6. The number of hydrogen-bond donors (Lipinski definition) is 3. The number of ether oxygens (including phenoxy) is 3. The number of likely N-dealkylation sites (tertiary alicyclic amines) is 1. The SMILES string of the molecule is COc1cnc2ccc(O[C@@H]3C[C@@H](C(=O)N[C@]4(C(=O)NS(=O)(=O)C5(C)CC5)C[C@H]4/C=C\CCCC(C)C)N(C(=O)[C@@H](N=C(N)OC(C)(C)C)C(C)C)C3)cc2n1. The second-order valence-corrected chi connectivity index (χ2v) is 19.5. The molecular formula is C40H59N7O8S. The molecule has 4 N–H and O–H groups in total. The zero-order chi connectivity index (χ0) is 41.2. The van der Waals surface area contributed by atoms with Crippen LogP contribution >= 0.6 is 0 Å². The van der Waals surface area contributed by atoms with Crippen molar-refractivity contribution in [2.75, 3.05) is 13.7 Å². The Balaban J connectivity index is 1.44. The smallest absolute Gasteiger partial charge is 0.283 e. The highest BCUT2D eigenvalue weighted by atomic mass is 32.2. The minimum absolute atomic E-state index is 0.0165. The number of nitrogens with one attached hydrogen (secondary N) is 2. The number of allylic oxidation sites excluding steroid dienone is 1. The molecule has 5 rings (SSSR count). The van der Waals surface area contributed by atoms with Crippen molar-refractivity contribution in [1.29, 1.82) is 0 Å². The van der Waals surface area contributed by atoms with Crippen LogP contribution in [0.1, 0.15) is 100 Å². The van der Waals surface area contributed by atoms with Crippen LogP contribution in [0.15, 0.2) is 41.5 Å². The second-order valence-electron chi connectivity index (χ2n) is 17.3. The average molecular weight is 798 g/mol. The van der Waals surface area contributed by atoms with Crippen LogP contribution < -0.4 is 25.2 Å². The molecule has 0 bridgehead atoms. The maximum Gasteiger partial charge on any atom is 0.283 e. The fraction of sp³-hybridized carbons (Fsp3) is 0.650. The Morgan fingerprint density at radius 2 is 1.86 bits per heavy atom. The first-order valence-electron chi connectivity index (χ1n) is 19.5. The number of methoxy groups -OCH3 is 1. The number of nitrogens with zero attached hydrogens (tertiary/aromatic N) is 4. The Hall–Kier alpha value is -4.47. The molecule has 5 atom stereocenters. The van der Waals surface area contributed by atoms with E-state index in [1.165, 1.54) is 18.2 Å². The summed E-state index contributed by atoms with van der Waals surface area (Å²) in [5.41, 5.74) is 5.13. The minimum atomic E-state index is -3.99. The third-order valence-electron chi connectivity index (χ3n) is 10.5. The minimum Gasteiger partial charge on any atom is -0.488 e. The van der Waals surface area contributed by atoms with E-state index in [-0.39, 0.29) is 31.3 Å². The fourth-order valence-corrected chi connectivity index (χ4v) is 8.13. The lowest BCUT2D eigenvalue weighted by atomic mass is 10.0. The predicted octanol–water partition coefficient (Wildman–Crippen LogP) is 4.40. The quantitative estimate of drug-likeness (QED) is 0.0940. The van der Waals surface area contributed by atoms with E-state index in [1.807, 2.05) is 46.8 Å². The molecule has 1 aromatic carbocycles. The van der Waals surface area contributed by atoms with Gasteiger partial charge in [-0.25, -0.2) is 23.4 Å². The van der Waals surface area contributed by atoms with E-state index in [0.29, 0.717) is 41.4 Å². The van der Waals surface area contributed by atoms with Crippen molar-refractivity contribution in [1.82, 2.24) is 24.9 Å². The molecule has 308 valence electrons. The molecule has 1 aliphatic heterocycles. The van der Waals surface area contributed by atoms with Crippen LogP contribution in [0.3, 0.4) is 0 Å². The third kappa shape index (κ3) is 10.1. The Morgan fingerprint density at radius 3 is 2.48 bits per heavy atom. The summed E-state index contributed by atoms with van der Waals surface area (Å²) in [6.45, 7) is 15.0. The van der Waals surface area contributed by atoms with Crippen molar-refractivity contribution in [3.05, 3.63) is 36.5 Å². The van der Waals surface area contributed by atoms with Gasteiger partial charge >= 0.3 is 0 Å². The number of aromatic nitrogens is 2. The summed E-state index contributed by atoms with van der Waals surface area (Å²) in [5.74, 6) is -1.31. The van der Waals surface area contributed by atoms with E-state index in [9.17, 15) is 22.8 Å². The predicted molar refractivity (Wildman–Crippen MR) is 213 cm³/mol. The van der Waals surface area contributed by atoms with Crippen molar-refractivity contribution in [3.63, 3.8) is 0 Å². The first-order valence-corrected chi connectivity index (χ1v) is 21.0. The molecule has 3 amide bonds. The normalized spacial score (nSPS) is 24.0. The van der Waals surface area contributed by atoms with Crippen molar-refractivity contribution in [2.45, 2.75) is 134 Å². The number of amidine groups is 1. The number of sulfonamides is 1. The van der Waals surface area contributed by atoms with E-state index < -0.39 is 67.7 Å². The molecule has 0 spiro atoms. The van der Waals surface area contributed by atoms with E-state index in [0.717, 1.165) is 19.3 Å². The summed E-state index contributed by atoms with van der Waals surface area (Å²) in [6, 6.07) is 2.94. The van der Waals surface area contributed by atoms with Gasteiger partial charge in [-0.3, -0.25) is 19.1 Å². The zero-order valence-electron chi connectivity index (χ0n) is 34.1. The van der Waals surface area contributed by atoms with Crippen molar-refractivity contribution in [2.24, 2.45) is 28.5 Å². The first-order chi connectivity index (χ1) is 26.2. The monoisotopic (exact) mass is 797 g/mol. The molecule has 2 aliphatic carbocycles. The van der Waals surface area contributed by atoms with Crippen molar-refractivity contribution < 1.29 is 37.0 Å². The van der Waals surface area contributed by atoms with E-state index >= 15 is 0 Å². The number of aliphatic imine (C=N–C) groups is 1. The number of amides is 3. The molecule has 3 aliphatic rings. The Bertz CT molecular complexity index is 1960. The molecule has 15 nitrogen and oxygen atoms in total. The van der Waals surface area contributed by atoms with Gasteiger partial charge in [-0.05, 0) is 83.8 Å². The molecule has 56 heavy (non-hydrogen) atoms. The lowest BCUT2D eigenvalue weighted by Crippen LogP contribution is -2.58. The highest BCUT2D eigenvalue weighted by Gasteiger charge is 2.63. The van der Waals surface area contributed by atoms with Crippen LogP contribution in [0.25, 0.3) is 11.0 Å². The lowest BCUT2D eigenvalue weighted by molar-refractivity contribution is -0.141. The maximum absolute atomic E-state index is 14.5. The largest absolute Gasteiger partial charge is 0.488 e. The van der Waals surface area contributed by atoms with Gasteiger partial charge in [0.05, 0.1) is 35.6 Å². The molecule has 2 aromatic rings. The number of fused-ring (bicyclic) bond motifs is 1. The van der Waals surface area contributed by atoms with Crippen LogP contribution in [-0.2, 0) is 29.1 Å². The summed E-state index contributed by atoms with van der Waals surface area (Å²) in [4.78, 5) is 57.6. The average Bonchev–Trinajstić information content (AvgIpc) is 3.99. The Labute approximate surface area is 330 Å². The van der Waals surface area contributed by atoms with Crippen LogP contribution in [0.5, 0.6) is 11.6 Å². The summed E-state index contributed by atoms with van der Waals surface area (Å²) >= 11 is 0.